The Morgan fingerprint density at radius 1 is 1.62 bits per heavy atom. The van der Waals surface area contributed by atoms with Crippen molar-refractivity contribution in [3.05, 3.63) is 14.7 Å². The molecule has 3 N–H and O–H groups in total. The third-order valence-corrected chi connectivity index (χ3v) is 5.07. The predicted octanol–water partition coefficient (Wildman–Crippen LogP) is 0.973. The smallest absolute Gasteiger partial charge is 0.241 e. The Labute approximate surface area is 106 Å². The fourth-order valence-corrected chi connectivity index (χ4v) is 4.53. The van der Waals surface area contributed by atoms with Crippen LogP contribution in [0.4, 0.5) is 0 Å². The SMILES string of the molecule is Cc1sc(Br)cc1S(=O)(=O)NCCC(N)=O. The van der Waals surface area contributed by atoms with Gasteiger partial charge in [0.25, 0.3) is 0 Å². The molecule has 1 aromatic rings. The summed E-state index contributed by atoms with van der Waals surface area (Å²) in [6.45, 7) is 1.74. The van der Waals surface area contributed by atoms with E-state index in [9.17, 15) is 13.2 Å². The van der Waals surface area contributed by atoms with Crippen molar-refractivity contribution in [3.8, 4) is 0 Å². The number of hydrogen-bond donors (Lipinski definition) is 2. The number of hydrogen-bond acceptors (Lipinski definition) is 4. The molecule has 5 nitrogen and oxygen atoms in total. The second-order valence-electron chi connectivity index (χ2n) is 3.09. The summed E-state index contributed by atoms with van der Waals surface area (Å²) in [4.78, 5) is 11.4. The van der Waals surface area contributed by atoms with Crippen molar-refractivity contribution in [2.24, 2.45) is 5.73 Å². The molecule has 16 heavy (non-hydrogen) atoms. The fourth-order valence-electron chi connectivity index (χ4n) is 1.08. The van der Waals surface area contributed by atoms with Crippen LogP contribution in [0.2, 0.25) is 0 Å². The van der Waals surface area contributed by atoms with Gasteiger partial charge in [-0.1, -0.05) is 0 Å². The zero-order valence-electron chi connectivity index (χ0n) is 8.49. The molecule has 0 saturated heterocycles. The summed E-state index contributed by atoms with van der Waals surface area (Å²) >= 11 is 4.56. The molecule has 0 radical (unpaired) electrons. The Morgan fingerprint density at radius 3 is 2.69 bits per heavy atom. The lowest BCUT2D eigenvalue weighted by Crippen LogP contribution is -2.28. The monoisotopic (exact) mass is 326 g/mol. The Kier molecular flexibility index (Phi) is 4.48. The molecule has 1 amide bonds. The quantitative estimate of drug-likeness (QED) is 0.844. The number of carbonyl (C=O) groups is 1. The van der Waals surface area contributed by atoms with Crippen LogP contribution in [0.15, 0.2) is 14.7 Å². The van der Waals surface area contributed by atoms with Crippen molar-refractivity contribution in [3.63, 3.8) is 0 Å². The summed E-state index contributed by atoms with van der Waals surface area (Å²) in [6, 6.07) is 1.53. The molecule has 0 aliphatic rings. The molecular weight excluding hydrogens is 316 g/mol. The van der Waals surface area contributed by atoms with E-state index in [1.54, 1.807) is 6.92 Å². The molecule has 1 rings (SSSR count). The maximum absolute atomic E-state index is 11.8. The minimum atomic E-state index is -3.54. The Bertz CT molecular complexity index is 495. The van der Waals surface area contributed by atoms with Gasteiger partial charge in [0.05, 0.1) is 8.68 Å². The Morgan fingerprint density at radius 2 is 2.25 bits per heavy atom. The third-order valence-electron chi connectivity index (χ3n) is 1.80. The highest BCUT2D eigenvalue weighted by atomic mass is 79.9. The average Bonchev–Trinajstić information content (AvgIpc) is 2.44. The third kappa shape index (κ3) is 3.55. The Balaban J connectivity index is 2.78. The van der Waals surface area contributed by atoms with E-state index >= 15 is 0 Å². The fraction of sp³-hybridized carbons (Fsp3) is 0.375. The van der Waals surface area contributed by atoms with E-state index in [4.69, 9.17) is 5.73 Å². The van der Waals surface area contributed by atoms with Crippen LogP contribution >= 0.6 is 27.3 Å². The molecule has 90 valence electrons. The molecule has 1 aromatic heterocycles. The summed E-state index contributed by atoms with van der Waals surface area (Å²) in [5, 5.41) is 0. The molecule has 0 fully saturated rings. The minimum Gasteiger partial charge on any atom is -0.370 e. The molecular formula is C8H11BrN2O3S2. The van der Waals surface area contributed by atoms with Gasteiger partial charge in [-0.2, -0.15) is 0 Å². The number of primary amides is 1. The molecule has 0 atom stereocenters. The van der Waals surface area contributed by atoms with Crippen LogP contribution in [0.5, 0.6) is 0 Å². The molecule has 0 aliphatic carbocycles. The standard InChI is InChI=1S/C8H11BrN2O3S2/c1-5-6(4-7(9)15-5)16(13,14)11-3-2-8(10)12/h4,11H,2-3H2,1H3,(H2,10,12). The van der Waals surface area contributed by atoms with Crippen LogP contribution in [-0.2, 0) is 14.8 Å². The summed E-state index contributed by atoms with van der Waals surface area (Å²) in [7, 11) is -3.54. The van der Waals surface area contributed by atoms with Crippen LogP contribution in [0.25, 0.3) is 0 Å². The molecule has 0 saturated carbocycles. The van der Waals surface area contributed by atoms with Gasteiger partial charge >= 0.3 is 0 Å². The van der Waals surface area contributed by atoms with Crippen LogP contribution in [-0.4, -0.2) is 20.9 Å². The summed E-state index contributed by atoms with van der Waals surface area (Å²) in [5.41, 5.74) is 4.92. The molecule has 0 aromatic carbocycles. The van der Waals surface area contributed by atoms with Crippen molar-refractivity contribution in [1.29, 1.82) is 0 Å². The van der Waals surface area contributed by atoms with Crippen molar-refractivity contribution in [2.45, 2.75) is 18.2 Å². The number of sulfonamides is 1. The summed E-state index contributed by atoms with van der Waals surface area (Å²) in [6.07, 6.45) is -0.0103. The van der Waals surface area contributed by atoms with Crippen molar-refractivity contribution < 1.29 is 13.2 Å². The normalized spacial score (nSPS) is 11.6. The van der Waals surface area contributed by atoms with Crippen molar-refractivity contribution in [1.82, 2.24) is 4.72 Å². The van der Waals surface area contributed by atoms with E-state index in [-0.39, 0.29) is 17.9 Å². The first-order chi connectivity index (χ1) is 7.33. The number of nitrogens with one attached hydrogen (secondary N) is 1. The minimum absolute atomic E-state index is 0.0103. The van der Waals surface area contributed by atoms with E-state index in [2.05, 4.69) is 20.7 Å². The molecule has 8 heteroatoms. The van der Waals surface area contributed by atoms with Crippen LogP contribution in [0.1, 0.15) is 11.3 Å². The van der Waals surface area contributed by atoms with E-state index in [1.165, 1.54) is 17.4 Å². The van der Waals surface area contributed by atoms with Crippen LogP contribution in [0, 0.1) is 6.92 Å². The van der Waals surface area contributed by atoms with Crippen LogP contribution in [0.3, 0.4) is 0 Å². The van der Waals surface area contributed by atoms with E-state index in [0.717, 1.165) is 3.79 Å². The number of nitrogens with two attached hydrogens (primary N) is 1. The lowest BCUT2D eigenvalue weighted by molar-refractivity contribution is -0.117. The first kappa shape index (κ1) is 13.6. The van der Waals surface area contributed by atoms with Gasteiger partial charge in [-0.15, -0.1) is 11.3 Å². The lowest BCUT2D eigenvalue weighted by Gasteiger charge is -2.04. The summed E-state index contributed by atoms with van der Waals surface area (Å²) in [5.74, 6) is -0.536. The molecule has 0 bridgehead atoms. The van der Waals surface area contributed by atoms with Gasteiger partial charge < -0.3 is 5.73 Å². The number of carbonyl (C=O) groups excluding carboxylic acids is 1. The lowest BCUT2D eigenvalue weighted by atomic mass is 10.4. The Hall–Kier alpha value is -0.440. The summed E-state index contributed by atoms with van der Waals surface area (Å²) < 4.78 is 26.6. The average molecular weight is 327 g/mol. The van der Waals surface area contributed by atoms with E-state index in [1.807, 2.05) is 0 Å². The molecule has 1 heterocycles. The zero-order chi connectivity index (χ0) is 12.3. The van der Waals surface area contributed by atoms with Gasteiger partial charge in [0.1, 0.15) is 0 Å². The number of rotatable bonds is 5. The second-order valence-corrected chi connectivity index (χ2v) is 7.46. The van der Waals surface area contributed by atoms with E-state index in [0.29, 0.717) is 4.88 Å². The van der Waals surface area contributed by atoms with Gasteiger partial charge in [0.2, 0.25) is 15.9 Å². The maximum Gasteiger partial charge on any atom is 0.241 e. The molecule has 0 spiro atoms. The van der Waals surface area contributed by atoms with Gasteiger partial charge in [-0.25, -0.2) is 13.1 Å². The van der Waals surface area contributed by atoms with E-state index < -0.39 is 15.9 Å². The van der Waals surface area contributed by atoms with Gasteiger partial charge in [0, 0.05) is 17.8 Å². The number of halogens is 1. The van der Waals surface area contributed by atoms with Gasteiger partial charge in [-0.3, -0.25) is 4.79 Å². The highest BCUT2D eigenvalue weighted by Crippen LogP contribution is 2.29. The van der Waals surface area contributed by atoms with Gasteiger partial charge in [0.15, 0.2) is 0 Å². The number of thiophene rings is 1. The number of aryl methyl sites for hydroxylation is 1. The van der Waals surface area contributed by atoms with Crippen molar-refractivity contribution >= 4 is 43.2 Å². The largest absolute Gasteiger partial charge is 0.370 e. The molecule has 0 unspecified atom stereocenters. The second kappa shape index (κ2) is 5.26. The zero-order valence-corrected chi connectivity index (χ0v) is 11.7. The number of amides is 1. The van der Waals surface area contributed by atoms with Crippen LogP contribution < -0.4 is 10.5 Å². The van der Waals surface area contributed by atoms with Crippen molar-refractivity contribution in [2.75, 3.05) is 6.54 Å². The predicted molar refractivity (Wildman–Crippen MR) is 65.8 cm³/mol. The van der Waals surface area contributed by atoms with Gasteiger partial charge in [-0.05, 0) is 28.9 Å². The molecule has 0 aliphatic heterocycles. The first-order valence-corrected chi connectivity index (χ1v) is 7.46. The first-order valence-electron chi connectivity index (χ1n) is 4.37. The highest BCUT2D eigenvalue weighted by Gasteiger charge is 2.18. The topological polar surface area (TPSA) is 89.3 Å². The highest BCUT2D eigenvalue weighted by molar-refractivity contribution is 9.11. The maximum atomic E-state index is 11.8.